The van der Waals surface area contributed by atoms with Gasteiger partial charge < -0.3 is 0 Å². The minimum absolute atomic E-state index is 0.110. The summed E-state index contributed by atoms with van der Waals surface area (Å²) in [6.45, 7) is 0. The Labute approximate surface area is 137 Å². The molecule has 2 heterocycles. The Morgan fingerprint density at radius 1 is 1.00 bits per heavy atom. The molecule has 0 aliphatic heterocycles. The lowest BCUT2D eigenvalue weighted by Gasteiger charge is -2.13. The molecule has 0 radical (unpaired) electrons. The van der Waals surface area contributed by atoms with Gasteiger partial charge in [0, 0.05) is 0 Å². The van der Waals surface area contributed by atoms with E-state index in [0.717, 1.165) is 16.7 Å². The van der Waals surface area contributed by atoms with Crippen molar-refractivity contribution in [1.29, 1.82) is 0 Å². The van der Waals surface area contributed by atoms with Gasteiger partial charge in [-0.25, -0.2) is 14.3 Å². The van der Waals surface area contributed by atoms with Crippen LogP contribution < -0.4 is 5.69 Å². The number of hydrogen-bond donors (Lipinski definition) is 0. The Balaban J connectivity index is 2.46. The van der Waals surface area contributed by atoms with E-state index in [1.165, 1.54) is 12.1 Å². The van der Waals surface area contributed by atoms with Crippen molar-refractivity contribution in [3.8, 4) is 5.69 Å². The molecule has 3 rings (SSSR count). The Bertz CT molecular complexity index is 970. The van der Waals surface area contributed by atoms with Crippen LogP contribution in [0.5, 0.6) is 0 Å². The summed E-state index contributed by atoms with van der Waals surface area (Å²) >= 11 is 11.9. The minimum atomic E-state index is -4.66. The lowest BCUT2D eigenvalue weighted by molar-refractivity contribution is -0.141. The molecule has 0 atom stereocenters. The molecular weight excluding hydrogens is 354 g/mol. The van der Waals surface area contributed by atoms with Crippen LogP contribution in [0.3, 0.4) is 0 Å². The first-order valence-corrected chi connectivity index (χ1v) is 6.96. The van der Waals surface area contributed by atoms with Gasteiger partial charge in [-0.15, -0.1) is 0 Å². The van der Waals surface area contributed by atoms with Crippen LogP contribution in [0.25, 0.3) is 16.7 Å². The molecule has 0 bridgehead atoms. The van der Waals surface area contributed by atoms with Crippen LogP contribution >= 0.6 is 23.2 Å². The number of alkyl halides is 3. The number of hydrogen-bond acceptors (Lipinski definition) is 3. The maximum absolute atomic E-state index is 12.9. The molecule has 0 aliphatic rings. The first-order valence-electron chi connectivity index (χ1n) is 6.20. The second-order valence-electron chi connectivity index (χ2n) is 4.54. The minimum Gasteiger partial charge on any atom is -0.245 e. The zero-order valence-corrected chi connectivity index (χ0v) is 12.6. The van der Waals surface area contributed by atoms with Crippen LogP contribution in [0.1, 0.15) is 5.69 Å². The van der Waals surface area contributed by atoms with Crippen LogP contribution in [0, 0.1) is 0 Å². The van der Waals surface area contributed by atoms with Crippen molar-refractivity contribution in [2.45, 2.75) is 6.18 Å². The van der Waals surface area contributed by atoms with Gasteiger partial charge in [-0.3, -0.25) is 0 Å². The first-order chi connectivity index (χ1) is 10.8. The molecule has 0 amide bonds. The van der Waals surface area contributed by atoms with E-state index in [9.17, 15) is 18.0 Å². The Morgan fingerprint density at radius 3 is 2.35 bits per heavy atom. The average molecular weight is 360 g/mol. The molecule has 0 unspecified atom stereocenters. The lowest BCUT2D eigenvalue weighted by Crippen LogP contribution is -2.23. The molecule has 2 aromatic heterocycles. The number of rotatable bonds is 1. The second-order valence-corrected chi connectivity index (χ2v) is 5.30. The molecule has 0 aliphatic carbocycles. The maximum Gasteiger partial charge on any atom is 0.433 e. The van der Waals surface area contributed by atoms with Gasteiger partial charge in [0.15, 0.2) is 5.65 Å². The molecule has 4 nitrogen and oxygen atoms in total. The molecular formula is C14H6Cl2F3N3O. The zero-order valence-electron chi connectivity index (χ0n) is 11.1. The van der Waals surface area contributed by atoms with E-state index in [1.54, 1.807) is 12.1 Å². The fourth-order valence-corrected chi connectivity index (χ4v) is 2.51. The molecule has 3 aromatic rings. The van der Waals surface area contributed by atoms with Gasteiger partial charge in [-0.05, 0) is 24.3 Å². The largest absolute Gasteiger partial charge is 0.433 e. The van der Waals surface area contributed by atoms with Gasteiger partial charge in [0.05, 0.1) is 16.1 Å². The van der Waals surface area contributed by atoms with Crippen LogP contribution in [0.4, 0.5) is 13.2 Å². The Hall–Kier alpha value is -2.12. The molecule has 0 saturated carbocycles. The van der Waals surface area contributed by atoms with Crippen LogP contribution in [0.15, 0.2) is 41.2 Å². The molecule has 0 spiro atoms. The molecule has 0 fully saturated rings. The fraction of sp³-hybridized carbons (Fsp3) is 0.0714. The van der Waals surface area contributed by atoms with Gasteiger partial charge in [0.25, 0.3) is 0 Å². The first kappa shape index (κ1) is 15.8. The quantitative estimate of drug-likeness (QED) is 0.614. The third-order valence-electron chi connectivity index (χ3n) is 3.08. The summed E-state index contributed by atoms with van der Waals surface area (Å²) in [7, 11) is 0. The number of para-hydroxylation sites is 1. The van der Waals surface area contributed by atoms with Gasteiger partial charge in [0.2, 0.25) is 0 Å². The topological polar surface area (TPSA) is 47.8 Å². The van der Waals surface area contributed by atoms with Gasteiger partial charge >= 0.3 is 11.9 Å². The third kappa shape index (κ3) is 2.77. The predicted molar refractivity (Wildman–Crippen MR) is 80.2 cm³/mol. The fourth-order valence-electron chi connectivity index (χ4n) is 2.07. The van der Waals surface area contributed by atoms with Crippen molar-refractivity contribution >= 4 is 34.2 Å². The predicted octanol–water partition coefficient (Wildman–Crippen LogP) is 4.11. The smallest absolute Gasteiger partial charge is 0.245 e. The standard InChI is InChI=1S/C14H6Cl2F3N3O/c15-8-3-1-2-4-9(8)22-12-7(11(16)21-13(22)23)5-6-10(20-12)14(17,18)19/h1-6H. The molecule has 9 heteroatoms. The van der Waals surface area contributed by atoms with E-state index < -0.39 is 17.6 Å². The maximum atomic E-state index is 12.9. The van der Waals surface area contributed by atoms with E-state index in [0.29, 0.717) is 0 Å². The molecule has 0 N–H and O–H groups in total. The van der Waals surface area contributed by atoms with Crippen molar-refractivity contribution < 1.29 is 13.2 Å². The summed E-state index contributed by atoms with van der Waals surface area (Å²) in [5.74, 6) is 0. The average Bonchev–Trinajstić information content (AvgIpc) is 2.47. The van der Waals surface area contributed by atoms with Crippen molar-refractivity contribution in [2.75, 3.05) is 0 Å². The SMILES string of the molecule is O=c1nc(Cl)c2ccc(C(F)(F)F)nc2n1-c1ccccc1Cl. The van der Waals surface area contributed by atoms with Crippen molar-refractivity contribution in [3.63, 3.8) is 0 Å². The highest BCUT2D eigenvalue weighted by molar-refractivity contribution is 6.34. The van der Waals surface area contributed by atoms with E-state index >= 15 is 0 Å². The summed E-state index contributed by atoms with van der Waals surface area (Å²) in [5, 5.41) is 0.0490. The highest BCUT2D eigenvalue weighted by Gasteiger charge is 2.33. The Kier molecular flexibility index (Phi) is 3.77. The van der Waals surface area contributed by atoms with E-state index in [1.807, 2.05) is 0 Å². The summed E-state index contributed by atoms with van der Waals surface area (Å²) < 4.78 is 39.6. The Morgan fingerprint density at radius 2 is 1.70 bits per heavy atom. The number of benzene rings is 1. The second kappa shape index (κ2) is 5.50. The van der Waals surface area contributed by atoms with E-state index in [-0.39, 0.29) is 26.9 Å². The van der Waals surface area contributed by atoms with E-state index in [4.69, 9.17) is 23.2 Å². The highest BCUT2D eigenvalue weighted by Crippen LogP contribution is 2.31. The highest BCUT2D eigenvalue weighted by atomic mass is 35.5. The normalized spacial score (nSPS) is 11.9. The summed E-state index contributed by atoms with van der Waals surface area (Å²) in [4.78, 5) is 19.3. The van der Waals surface area contributed by atoms with Gasteiger partial charge in [0.1, 0.15) is 10.8 Å². The molecule has 1 aromatic carbocycles. The number of pyridine rings is 1. The monoisotopic (exact) mass is 359 g/mol. The molecule has 23 heavy (non-hydrogen) atoms. The summed E-state index contributed by atoms with van der Waals surface area (Å²) in [5.41, 5.74) is -2.12. The van der Waals surface area contributed by atoms with Crippen molar-refractivity contribution in [3.05, 3.63) is 62.8 Å². The number of halogens is 5. The van der Waals surface area contributed by atoms with Crippen LogP contribution in [0.2, 0.25) is 10.2 Å². The molecule has 0 saturated heterocycles. The number of nitrogens with zero attached hydrogens (tertiary/aromatic N) is 3. The van der Waals surface area contributed by atoms with Crippen LogP contribution in [-0.2, 0) is 6.18 Å². The third-order valence-corrected chi connectivity index (χ3v) is 3.69. The van der Waals surface area contributed by atoms with E-state index in [2.05, 4.69) is 9.97 Å². The lowest BCUT2D eigenvalue weighted by atomic mass is 10.2. The van der Waals surface area contributed by atoms with Crippen molar-refractivity contribution in [2.24, 2.45) is 0 Å². The summed E-state index contributed by atoms with van der Waals surface area (Å²) in [6, 6.07) is 8.07. The van der Waals surface area contributed by atoms with Crippen molar-refractivity contribution in [1.82, 2.24) is 14.5 Å². The van der Waals surface area contributed by atoms with Gasteiger partial charge in [-0.1, -0.05) is 35.3 Å². The molecule has 118 valence electrons. The number of aromatic nitrogens is 3. The van der Waals surface area contributed by atoms with Gasteiger partial charge in [-0.2, -0.15) is 18.2 Å². The number of fused-ring (bicyclic) bond motifs is 1. The van der Waals surface area contributed by atoms with Crippen LogP contribution in [-0.4, -0.2) is 14.5 Å². The zero-order chi connectivity index (χ0) is 16.8. The summed E-state index contributed by atoms with van der Waals surface area (Å²) in [6.07, 6.45) is -4.66.